The lowest BCUT2D eigenvalue weighted by atomic mass is 10.1. The Labute approximate surface area is 147 Å². The van der Waals surface area contributed by atoms with Crippen LogP contribution in [0.15, 0.2) is 35.7 Å². The van der Waals surface area contributed by atoms with Crippen molar-refractivity contribution in [3.63, 3.8) is 0 Å². The third-order valence-corrected chi connectivity index (χ3v) is 4.90. The highest BCUT2D eigenvalue weighted by Gasteiger charge is 2.21. The average Bonchev–Trinajstić information content (AvgIpc) is 2.94. The standard InChI is InChI=1S/C17H21N3OS.ClH/c1-14-13-22-16(18-14)12-19-7-9-20(10-8-19)17(21)11-15-5-3-2-4-6-15;/h2-6,13H,7-12H2,1H3;1H. The van der Waals surface area contributed by atoms with Gasteiger partial charge in [0.05, 0.1) is 13.0 Å². The summed E-state index contributed by atoms with van der Waals surface area (Å²) in [7, 11) is 0. The lowest BCUT2D eigenvalue weighted by molar-refractivity contribution is -0.132. The highest BCUT2D eigenvalue weighted by molar-refractivity contribution is 7.09. The van der Waals surface area contributed by atoms with Gasteiger partial charge in [-0.25, -0.2) is 4.98 Å². The lowest BCUT2D eigenvalue weighted by Gasteiger charge is -2.34. The molecule has 1 amide bonds. The van der Waals surface area contributed by atoms with Crippen molar-refractivity contribution in [3.8, 4) is 0 Å². The Balaban J connectivity index is 0.00000192. The van der Waals surface area contributed by atoms with E-state index in [1.54, 1.807) is 11.3 Å². The van der Waals surface area contributed by atoms with Gasteiger partial charge in [-0.15, -0.1) is 23.7 Å². The lowest BCUT2D eigenvalue weighted by Crippen LogP contribution is -2.48. The first kappa shape index (κ1) is 17.9. The van der Waals surface area contributed by atoms with Gasteiger partial charge in [0.1, 0.15) is 5.01 Å². The number of halogens is 1. The zero-order valence-electron chi connectivity index (χ0n) is 13.3. The molecule has 3 rings (SSSR count). The number of aromatic nitrogens is 1. The molecule has 1 aromatic heterocycles. The summed E-state index contributed by atoms with van der Waals surface area (Å²) in [5.41, 5.74) is 2.19. The van der Waals surface area contributed by atoms with Crippen LogP contribution in [0.2, 0.25) is 0 Å². The van der Waals surface area contributed by atoms with Gasteiger partial charge in [-0.05, 0) is 12.5 Å². The van der Waals surface area contributed by atoms with E-state index in [4.69, 9.17) is 0 Å². The van der Waals surface area contributed by atoms with Gasteiger partial charge in [0.2, 0.25) is 5.91 Å². The molecule has 0 spiro atoms. The zero-order valence-corrected chi connectivity index (χ0v) is 14.9. The number of hydrogen-bond acceptors (Lipinski definition) is 4. The number of nitrogens with zero attached hydrogens (tertiary/aromatic N) is 3. The van der Waals surface area contributed by atoms with E-state index in [0.717, 1.165) is 44.0 Å². The smallest absolute Gasteiger partial charge is 0.227 e. The van der Waals surface area contributed by atoms with Crippen molar-refractivity contribution in [1.82, 2.24) is 14.8 Å². The van der Waals surface area contributed by atoms with Crippen molar-refractivity contribution < 1.29 is 4.79 Å². The van der Waals surface area contributed by atoms with Crippen LogP contribution in [0, 0.1) is 6.92 Å². The predicted octanol–water partition coefficient (Wildman–Crippen LogP) is 2.76. The fourth-order valence-corrected chi connectivity index (χ4v) is 3.52. The topological polar surface area (TPSA) is 36.4 Å². The minimum absolute atomic E-state index is 0. The van der Waals surface area contributed by atoms with Crippen LogP contribution in [0.25, 0.3) is 0 Å². The number of aryl methyl sites for hydroxylation is 1. The Hall–Kier alpha value is -1.43. The van der Waals surface area contributed by atoms with Gasteiger partial charge in [-0.2, -0.15) is 0 Å². The molecular weight excluding hydrogens is 330 g/mol. The van der Waals surface area contributed by atoms with Crippen LogP contribution in [0.4, 0.5) is 0 Å². The minimum atomic E-state index is 0. The van der Waals surface area contributed by atoms with Crippen molar-refractivity contribution >= 4 is 29.7 Å². The fraction of sp³-hybridized carbons (Fsp3) is 0.412. The molecule has 124 valence electrons. The quantitative estimate of drug-likeness (QED) is 0.849. The molecule has 1 aromatic carbocycles. The molecule has 6 heteroatoms. The molecular formula is C17H22ClN3OS. The molecule has 0 N–H and O–H groups in total. The molecule has 1 aliphatic heterocycles. The summed E-state index contributed by atoms with van der Waals surface area (Å²) in [4.78, 5) is 21.2. The summed E-state index contributed by atoms with van der Waals surface area (Å²) in [6.07, 6.45) is 0.506. The first-order valence-electron chi connectivity index (χ1n) is 7.66. The van der Waals surface area contributed by atoms with Gasteiger partial charge in [0, 0.05) is 37.3 Å². The van der Waals surface area contributed by atoms with Crippen LogP contribution in [-0.2, 0) is 17.8 Å². The number of thiazole rings is 1. The van der Waals surface area contributed by atoms with Crippen LogP contribution in [0.1, 0.15) is 16.3 Å². The Kier molecular flexibility index (Phi) is 6.57. The predicted molar refractivity (Wildman–Crippen MR) is 96.1 cm³/mol. The second-order valence-electron chi connectivity index (χ2n) is 5.70. The Bertz CT molecular complexity index is 624. The number of piperazine rings is 1. The maximum absolute atomic E-state index is 12.3. The first-order chi connectivity index (χ1) is 10.7. The van der Waals surface area contributed by atoms with Gasteiger partial charge in [0.15, 0.2) is 0 Å². The van der Waals surface area contributed by atoms with Crippen LogP contribution >= 0.6 is 23.7 Å². The third kappa shape index (κ3) is 5.03. The van der Waals surface area contributed by atoms with Crippen molar-refractivity contribution in [3.05, 3.63) is 52.0 Å². The number of benzene rings is 1. The summed E-state index contributed by atoms with van der Waals surface area (Å²) in [5, 5.41) is 3.26. The Morgan fingerprint density at radius 2 is 1.87 bits per heavy atom. The molecule has 0 aliphatic carbocycles. The molecule has 4 nitrogen and oxygen atoms in total. The van der Waals surface area contributed by atoms with E-state index in [1.165, 1.54) is 5.01 Å². The number of rotatable bonds is 4. The summed E-state index contributed by atoms with van der Waals surface area (Å²) < 4.78 is 0. The van der Waals surface area contributed by atoms with Crippen LogP contribution < -0.4 is 0 Å². The second-order valence-corrected chi connectivity index (χ2v) is 6.64. The molecule has 1 saturated heterocycles. The van der Waals surface area contributed by atoms with E-state index < -0.39 is 0 Å². The molecule has 1 fully saturated rings. The van der Waals surface area contributed by atoms with Gasteiger partial charge < -0.3 is 4.90 Å². The van der Waals surface area contributed by atoms with Crippen molar-refractivity contribution in [2.45, 2.75) is 19.9 Å². The molecule has 1 aliphatic rings. The Morgan fingerprint density at radius 3 is 2.48 bits per heavy atom. The van der Waals surface area contributed by atoms with Gasteiger partial charge in [0.25, 0.3) is 0 Å². The van der Waals surface area contributed by atoms with E-state index in [0.29, 0.717) is 6.42 Å². The van der Waals surface area contributed by atoms with Crippen molar-refractivity contribution in [2.24, 2.45) is 0 Å². The van der Waals surface area contributed by atoms with E-state index in [1.807, 2.05) is 42.2 Å². The van der Waals surface area contributed by atoms with Gasteiger partial charge in [-0.1, -0.05) is 30.3 Å². The maximum Gasteiger partial charge on any atom is 0.227 e. The second kappa shape index (κ2) is 8.43. The minimum Gasteiger partial charge on any atom is -0.340 e. The van der Waals surface area contributed by atoms with E-state index in [9.17, 15) is 4.79 Å². The van der Waals surface area contributed by atoms with E-state index >= 15 is 0 Å². The highest BCUT2D eigenvalue weighted by atomic mass is 35.5. The molecule has 23 heavy (non-hydrogen) atoms. The van der Waals surface area contributed by atoms with Crippen molar-refractivity contribution in [2.75, 3.05) is 26.2 Å². The largest absolute Gasteiger partial charge is 0.340 e. The van der Waals surface area contributed by atoms with Crippen LogP contribution in [0.3, 0.4) is 0 Å². The molecule has 0 radical (unpaired) electrons. The van der Waals surface area contributed by atoms with E-state index in [2.05, 4.69) is 15.3 Å². The summed E-state index contributed by atoms with van der Waals surface area (Å²) >= 11 is 1.72. The molecule has 2 aromatic rings. The average molecular weight is 352 g/mol. The molecule has 0 bridgehead atoms. The van der Waals surface area contributed by atoms with Crippen molar-refractivity contribution in [1.29, 1.82) is 0 Å². The summed E-state index contributed by atoms with van der Waals surface area (Å²) in [5.74, 6) is 0.232. The summed E-state index contributed by atoms with van der Waals surface area (Å²) in [6.45, 7) is 6.42. The first-order valence-corrected chi connectivity index (χ1v) is 8.54. The third-order valence-electron chi connectivity index (χ3n) is 3.95. The normalized spacial score (nSPS) is 15.3. The zero-order chi connectivity index (χ0) is 15.4. The fourth-order valence-electron chi connectivity index (χ4n) is 2.70. The SMILES string of the molecule is Cc1csc(CN2CCN(C(=O)Cc3ccccc3)CC2)n1.Cl. The highest BCUT2D eigenvalue weighted by Crippen LogP contribution is 2.14. The summed E-state index contributed by atoms with van der Waals surface area (Å²) in [6, 6.07) is 9.97. The van der Waals surface area contributed by atoms with Crippen LogP contribution in [-0.4, -0.2) is 46.9 Å². The number of amides is 1. The van der Waals surface area contributed by atoms with E-state index in [-0.39, 0.29) is 18.3 Å². The number of carbonyl (C=O) groups is 1. The van der Waals surface area contributed by atoms with Gasteiger partial charge >= 0.3 is 0 Å². The number of hydrogen-bond donors (Lipinski definition) is 0. The maximum atomic E-state index is 12.3. The monoisotopic (exact) mass is 351 g/mol. The molecule has 2 heterocycles. The van der Waals surface area contributed by atoms with Crippen LogP contribution in [0.5, 0.6) is 0 Å². The molecule has 0 atom stereocenters. The number of carbonyl (C=O) groups excluding carboxylic acids is 1. The molecule has 0 saturated carbocycles. The Morgan fingerprint density at radius 1 is 1.17 bits per heavy atom. The van der Waals surface area contributed by atoms with Gasteiger partial charge in [-0.3, -0.25) is 9.69 Å². The molecule has 0 unspecified atom stereocenters.